The molecule has 0 aromatic carbocycles. The number of hydrogen-bond acceptors (Lipinski definition) is 4. The third kappa shape index (κ3) is 3.65. The van der Waals surface area contributed by atoms with Gasteiger partial charge in [0.15, 0.2) is 5.82 Å². The van der Waals surface area contributed by atoms with E-state index >= 15 is 0 Å². The summed E-state index contributed by atoms with van der Waals surface area (Å²) < 4.78 is 5.51. The highest BCUT2D eigenvalue weighted by molar-refractivity contribution is 5.58. The number of nitrogens with zero attached hydrogens (tertiary/aromatic N) is 1. The minimum Gasteiger partial charge on any atom is -0.477 e. The van der Waals surface area contributed by atoms with Gasteiger partial charge in [-0.3, -0.25) is 0 Å². The molecule has 1 atom stereocenters. The predicted molar refractivity (Wildman–Crippen MR) is 62.6 cm³/mol. The van der Waals surface area contributed by atoms with Crippen LogP contribution in [0.3, 0.4) is 0 Å². The quantitative estimate of drug-likeness (QED) is 0.778. The first-order chi connectivity index (χ1) is 7.13. The zero-order valence-corrected chi connectivity index (χ0v) is 9.36. The molecule has 1 unspecified atom stereocenters. The number of nitrogens with two attached hydrogens (primary N) is 2. The third-order valence-corrected chi connectivity index (χ3v) is 2.23. The lowest BCUT2D eigenvalue weighted by Crippen LogP contribution is -2.09. The molecule has 0 bridgehead atoms. The molecule has 84 valence electrons. The lowest BCUT2D eigenvalue weighted by molar-refractivity contribution is 0.243. The molecule has 15 heavy (non-hydrogen) atoms. The minimum absolute atomic E-state index is 0.329. The van der Waals surface area contributed by atoms with E-state index in [1.807, 2.05) is 0 Å². The van der Waals surface area contributed by atoms with E-state index in [4.69, 9.17) is 16.2 Å². The number of hydrogen-bond donors (Lipinski definition) is 2. The number of ether oxygens (including phenoxy) is 1. The van der Waals surface area contributed by atoms with Crippen LogP contribution in [-0.4, -0.2) is 11.6 Å². The maximum Gasteiger partial charge on any atom is 0.215 e. The summed E-state index contributed by atoms with van der Waals surface area (Å²) in [4.78, 5) is 4.04. The Labute approximate surface area is 90.6 Å². The van der Waals surface area contributed by atoms with Gasteiger partial charge in [0.2, 0.25) is 5.88 Å². The molecule has 0 saturated heterocycles. The van der Waals surface area contributed by atoms with Crippen molar-refractivity contribution in [1.29, 1.82) is 0 Å². The number of anilines is 2. The average molecular weight is 209 g/mol. The van der Waals surface area contributed by atoms with Crippen LogP contribution in [0.4, 0.5) is 11.5 Å². The van der Waals surface area contributed by atoms with Gasteiger partial charge < -0.3 is 16.2 Å². The van der Waals surface area contributed by atoms with E-state index in [0.717, 1.165) is 6.42 Å². The maximum atomic E-state index is 5.57. The van der Waals surface area contributed by atoms with Crippen LogP contribution in [0, 0.1) is 5.92 Å². The zero-order chi connectivity index (χ0) is 11.3. The Hall–Kier alpha value is -1.45. The molecule has 0 aliphatic carbocycles. The van der Waals surface area contributed by atoms with Crippen LogP contribution in [0.1, 0.15) is 26.7 Å². The fraction of sp³-hybridized carbons (Fsp3) is 0.545. The second-order valence-corrected chi connectivity index (χ2v) is 3.83. The van der Waals surface area contributed by atoms with Crippen molar-refractivity contribution >= 4 is 11.5 Å². The van der Waals surface area contributed by atoms with Crippen molar-refractivity contribution in [1.82, 2.24) is 4.98 Å². The van der Waals surface area contributed by atoms with Crippen molar-refractivity contribution in [3.05, 3.63) is 12.1 Å². The molecule has 0 saturated carbocycles. The van der Waals surface area contributed by atoms with Crippen LogP contribution in [-0.2, 0) is 0 Å². The first-order valence-electron chi connectivity index (χ1n) is 5.28. The minimum atomic E-state index is 0.329. The highest BCUT2D eigenvalue weighted by Crippen LogP contribution is 2.17. The van der Waals surface area contributed by atoms with Crippen LogP contribution in [0.25, 0.3) is 0 Å². The Morgan fingerprint density at radius 2 is 2.13 bits per heavy atom. The fourth-order valence-electron chi connectivity index (χ4n) is 1.35. The van der Waals surface area contributed by atoms with Gasteiger partial charge in [-0.05, 0) is 18.4 Å². The van der Waals surface area contributed by atoms with Crippen LogP contribution in [0.5, 0.6) is 5.88 Å². The maximum absolute atomic E-state index is 5.57. The van der Waals surface area contributed by atoms with Gasteiger partial charge in [-0.25, -0.2) is 0 Å². The topological polar surface area (TPSA) is 74.2 Å². The van der Waals surface area contributed by atoms with Gasteiger partial charge >= 0.3 is 0 Å². The molecule has 1 aromatic rings. The van der Waals surface area contributed by atoms with Crippen LogP contribution >= 0.6 is 0 Å². The normalized spacial score (nSPS) is 12.4. The van der Waals surface area contributed by atoms with E-state index in [2.05, 4.69) is 18.8 Å². The van der Waals surface area contributed by atoms with Crippen LogP contribution in [0.2, 0.25) is 0 Å². The fourth-order valence-corrected chi connectivity index (χ4v) is 1.35. The Balaban J connectivity index is 2.47. The van der Waals surface area contributed by atoms with Crippen molar-refractivity contribution < 1.29 is 4.74 Å². The number of nitrogen functional groups attached to an aromatic ring is 2. The monoisotopic (exact) mass is 209 g/mol. The summed E-state index contributed by atoms with van der Waals surface area (Å²) in [5.74, 6) is 1.41. The average Bonchev–Trinajstić information content (AvgIpc) is 2.20. The van der Waals surface area contributed by atoms with Crippen molar-refractivity contribution in [3.63, 3.8) is 0 Å². The van der Waals surface area contributed by atoms with Crippen molar-refractivity contribution in [2.75, 3.05) is 18.1 Å². The van der Waals surface area contributed by atoms with E-state index in [1.165, 1.54) is 6.42 Å². The summed E-state index contributed by atoms with van der Waals surface area (Å²) in [6.07, 6.45) is 2.33. The molecule has 4 nitrogen and oxygen atoms in total. The molecular weight excluding hydrogens is 190 g/mol. The number of pyridine rings is 1. The highest BCUT2D eigenvalue weighted by Gasteiger charge is 2.04. The summed E-state index contributed by atoms with van der Waals surface area (Å²) in [7, 11) is 0. The SMILES string of the molecule is CCCC(C)COc1ccc(N)c(N)n1. The molecule has 0 aliphatic heterocycles. The summed E-state index contributed by atoms with van der Waals surface area (Å²) in [5.41, 5.74) is 11.6. The lowest BCUT2D eigenvalue weighted by atomic mass is 10.1. The molecule has 1 heterocycles. The molecule has 1 aromatic heterocycles. The van der Waals surface area contributed by atoms with E-state index in [1.54, 1.807) is 12.1 Å². The van der Waals surface area contributed by atoms with Crippen molar-refractivity contribution in [2.45, 2.75) is 26.7 Å². The smallest absolute Gasteiger partial charge is 0.215 e. The van der Waals surface area contributed by atoms with Crippen LogP contribution in [0.15, 0.2) is 12.1 Å². The second kappa shape index (κ2) is 5.44. The highest BCUT2D eigenvalue weighted by atomic mass is 16.5. The Bertz CT molecular complexity index is 315. The first kappa shape index (κ1) is 11.6. The molecule has 0 spiro atoms. The number of aromatic nitrogens is 1. The predicted octanol–water partition coefficient (Wildman–Crippen LogP) is 2.06. The Morgan fingerprint density at radius 3 is 2.73 bits per heavy atom. The van der Waals surface area contributed by atoms with Gasteiger partial charge in [0.05, 0.1) is 12.3 Å². The molecule has 0 radical (unpaired) electrons. The molecule has 0 amide bonds. The lowest BCUT2D eigenvalue weighted by Gasteiger charge is -2.11. The van der Waals surface area contributed by atoms with E-state index in [9.17, 15) is 0 Å². The van der Waals surface area contributed by atoms with Gasteiger partial charge in [0.1, 0.15) is 0 Å². The standard InChI is InChI=1S/C11H19N3O/c1-3-4-8(2)7-15-10-6-5-9(12)11(13)14-10/h5-6,8H,3-4,7,12H2,1-2H3,(H2,13,14). The Morgan fingerprint density at radius 1 is 1.40 bits per heavy atom. The summed E-state index contributed by atoms with van der Waals surface area (Å²) in [6.45, 7) is 4.99. The Kier molecular flexibility index (Phi) is 4.21. The van der Waals surface area contributed by atoms with E-state index < -0.39 is 0 Å². The molecule has 4 heteroatoms. The van der Waals surface area contributed by atoms with Crippen molar-refractivity contribution in [2.24, 2.45) is 5.92 Å². The van der Waals surface area contributed by atoms with E-state index in [-0.39, 0.29) is 0 Å². The molecule has 4 N–H and O–H groups in total. The van der Waals surface area contributed by atoms with Crippen LogP contribution < -0.4 is 16.2 Å². The summed E-state index contributed by atoms with van der Waals surface area (Å²) in [5, 5.41) is 0. The molecule has 1 rings (SSSR count). The third-order valence-electron chi connectivity index (χ3n) is 2.23. The first-order valence-corrected chi connectivity index (χ1v) is 5.28. The van der Waals surface area contributed by atoms with Gasteiger partial charge in [-0.15, -0.1) is 0 Å². The van der Waals surface area contributed by atoms with Crippen molar-refractivity contribution in [3.8, 4) is 5.88 Å². The summed E-state index contributed by atoms with van der Waals surface area (Å²) in [6, 6.07) is 3.45. The zero-order valence-electron chi connectivity index (χ0n) is 9.36. The van der Waals surface area contributed by atoms with Gasteiger partial charge in [0, 0.05) is 6.07 Å². The molecule has 0 aliphatic rings. The van der Waals surface area contributed by atoms with E-state index in [0.29, 0.717) is 29.9 Å². The van der Waals surface area contributed by atoms with Gasteiger partial charge in [-0.1, -0.05) is 20.3 Å². The van der Waals surface area contributed by atoms with Gasteiger partial charge in [-0.2, -0.15) is 4.98 Å². The molecular formula is C11H19N3O. The largest absolute Gasteiger partial charge is 0.477 e. The number of rotatable bonds is 5. The van der Waals surface area contributed by atoms with Gasteiger partial charge in [0.25, 0.3) is 0 Å². The summed E-state index contributed by atoms with van der Waals surface area (Å²) >= 11 is 0. The second-order valence-electron chi connectivity index (χ2n) is 3.83. The molecule has 0 fully saturated rings.